The molecular weight excluding hydrogens is 284 g/mol. The Balaban J connectivity index is 3.47. The van der Waals surface area contributed by atoms with E-state index in [0.717, 1.165) is 0 Å². The van der Waals surface area contributed by atoms with Crippen LogP contribution in [0.4, 0.5) is 0 Å². The van der Waals surface area contributed by atoms with E-state index in [9.17, 15) is 0 Å². The molecule has 0 bridgehead atoms. The van der Waals surface area contributed by atoms with E-state index >= 15 is 0 Å². The van der Waals surface area contributed by atoms with Gasteiger partial charge in [-0.15, -0.1) is 0 Å². The molecule has 0 aliphatic heterocycles. The summed E-state index contributed by atoms with van der Waals surface area (Å²) in [6, 6.07) is 0. The van der Waals surface area contributed by atoms with Crippen LogP contribution in [-0.2, 0) is 0 Å². The molecule has 0 aliphatic carbocycles. The van der Waals surface area contributed by atoms with Crippen molar-refractivity contribution in [1.82, 2.24) is 0 Å². The van der Waals surface area contributed by atoms with Crippen LogP contribution in [0.1, 0.15) is 46.0 Å². The molecule has 0 saturated carbocycles. The van der Waals surface area contributed by atoms with Crippen molar-refractivity contribution in [3.63, 3.8) is 0 Å². The summed E-state index contributed by atoms with van der Waals surface area (Å²) in [4.78, 5) is 0. The summed E-state index contributed by atoms with van der Waals surface area (Å²) in [5.74, 6) is 0. The molecule has 0 aromatic rings. The van der Waals surface area contributed by atoms with Crippen LogP contribution < -0.4 is 0 Å². The number of unbranched alkanes of at least 4 members (excludes halogenated alkanes) is 2. The Bertz CT molecular complexity index is 77.1. The van der Waals surface area contributed by atoms with Crippen molar-refractivity contribution < 1.29 is 0 Å². The summed E-state index contributed by atoms with van der Waals surface area (Å²) in [5, 5.41) is 6.18. The van der Waals surface area contributed by atoms with Crippen LogP contribution in [0.2, 0.25) is 21.1 Å². The summed E-state index contributed by atoms with van der Waals surface area (Å²) < 4.78 is 0. The first kappa shape index (κ1) is 14.1. The molecule has 2 heteroatoms. The Morgan fingerprint density at radius 1 is 0.846 bits per heavy atom. The van der Waals surface area contributed by atoms with E-state index in [2.05, 4.69) is 29.9 Å². The van der Waals surface area contributed by atoms with Crippen molar-refractivity contribution in [3.8, 4) is 0 Å². The maximum absolute atomic E-state index is 3.14. The topological polar surface area (TPSA) is 0 Å². The molecule has 2 radical (unpaired) electrons. The molecule has 78 valence electrons. The molecule has 0 aromatic heterocycles. The predicted octanol–water partition coefficient (Wildman–Crippen LogP) is 4.06. The molecule has 0 saturated heterocycles. The Morgan fingerprint density at radius 3 is 1.69 bits per heavy atom. The second kappa shape index (κ2) is 11.1. The second-order valence-electron chi connectivity index (χ2n) is 3.76. The van der Waals surface area contributed by atoms with Gasteiger partial charge in [-0.1, -0.05) is 0 Å². The number of rotatable bonds is 9. The van der Waals surface area contributed by atoms with Crippen LogP contribution in [0.3, 0.4) is 0 Å². The third kappa shape index (κ3) is 9.37. The standard InChI is InChI=1S/C11H24GeSe/c1-3-5-8-12(9-6-4-2)10-7-11-13/h3-11H2,1-2H3. The fourth-order valence-electron chi connectivity index (χ4n) is 1.55. The predicted molar refractivity (Wildman–Crippen MR) is 65.2 cm³/mol. The molecule has 0 aliphatic rings. The van der Waals surface area contributed by atoms with Gasteiger partial charge in [0.15, 0.2) is 0 Å². The quantitative estimate of drug-likeness (QED) is 0.564. The summed E-state index contributed by atoms with van der Waals surface area (Å²) in [6.45, 7) is 4.65. The van der Waals surface area contributed by atoms with Crippen molar-refractivity contribution in [1.29, 1.82) is 0 Å². The average Bonchev–Trinajstić information content (AvgIpc) is 2.17. The third-order valence-corrected chi connectivity index (χ3v) is 9.72. The monoisotopic (exact) mass is 310 g/mol. The molecule has 0 unspecified atom stereocenters. The van der Waals surface area contributed by atoms with Gasteiger partial charge in [0.2, 0.25) is 0 Å². The van der Waals surface area contributed by atoms with Gasteiger partial charge in [-0.2, -0.15) is 0 Å². The van der Waals surface area contributed by atoms with Crippen molar-refractivity contribution >= 4 is 30.4 Å². The van der Waals surface area contributed by atoms with Crippen molar-refractivity contribution in [2.75, 3.05) is 0 Å². The Kier molecular flexibility index (Phi) is 12.0. The van der Waals surface area contributed by atoms with Gasteiger partial charge in [-0.25, -0.2) is 0 Å². The summed E-state index contributed by atoms with van der Waals surface area (Å²) in [6.07, 6.45) is 7.28. The van der Waals surface area contributed by atoms with Crippen LogP contribution in [-0.4, -0.2) is 30.4 Å². The molecular formula is C11H24GeSe. The molecule has 0 N–H and O–H groups in total. The van der Waals surface area contributed by atoms with E-state index in [1.165, 1.54) is 37.4 Å². The molecule has 0 atom stereocenters. The normalized spacial score (nSPS) is 11.1. The molecule has 0 fully saturated rings. The van der Waals surface area contributed by atoms with Crippen LogP contribution in [0, 0.1) is 0 Å². The van der Waals surface area contributed by atoms with Crippen molar-refractivity contribution in [2.24, 2.45) is 0 Å². The van der Waals surface area contributed by atoms with E-state index < -0.39 is 14.3 Å². The van der Waals surface area contributed by atoms with Gasteiger partial charge in [-0.3, -0.25) is 0 Å². The average molecular weight is 308 g/mol. The Hall–Kier alpha value is 1.06. The summed E-state index contributed by atoms with van der Waals surface area (Å²) in [7, 11) is 0. The van der Waals surface area contributed by atoms with E-state index in [1.807, 2.05) is 0 Å². The van der Waals surface area contributed by atoms with E-state index in [0.29, 0.717) is 0 Å². The van der Waals surface area contributed by atoms with Crippen LogP contribution in [0.25, 0.3) is 0 Å². The van der Waals surface area contributed by atoms with Crippen molar-refractivity contribution in [3.05, 3.63) is 0 Å². The van der Waals surface area contributed by atoms with Gasteiger partial charge in [0.1, 0.15) is 0 Å². The van der Waals surface area contributed by atoms with E-state index in [4.69, 9.17) is 0 Å². The zero-order chi connectivity index (χ0) is 9.94. The first-order chi connectivity index (χ1) is 6.35. The van der Waals surface area contributed by atoms with Gasteiger partial charge in [-0.05, 0) is 0 Å². The second-order valence-corrected chi connectivity index (χ2v) is 10.9. The van der Waals surface area contributed by atoms with Crippen LogP contribution in [0.5, 0.6) is 0 Å². The Labute approximate surface area is 97.2 Å². The number of hydrogen-bond acceptors (Lipinski definition) is 0. The fourth-order valence-corrected chi connectivity index (χ4v) is 9.63. The summed E-state index contributed by atoms with van der Waals surface area (Å²) in [5.41, 5.74) is 0. The SMILES string of the molecule is CCC[CH2][Ge]([CH2]CCC)[CH2]CC[Se]. The first-order valence-electron chi connectivity index (χ1n) is 5.76. The van der Waals surface area contributed by atoms with Crippen LogP contribution in [0.15, 0.2) is 0 Å². The number of hydrogen-bond donors (Lipinski definition) is 0. The summed E-state index contributed by atoms with van der Waals surface area (Å²) >= 11 is 2.56. The zero-order valence-corrected chi connectivity index (χ0v) is 13.1. The van der Waals surface area contributed by atoms with Gasteiger partial charge < -0.3 is 0 Å². The molecule has 0 heterocycles. The van der Waals surface area contributed by atoms with Gasteiger partial charge in [0, 0.05) is 0 Å². The van der Waals surface area contributed by atoms with Gasteiger partial charge in [0.05, 0.1) is 0 Å². The fraction of sp³-hybridized carbons (Fsp3) is 1.00. The zero-order valence-electron chi connectivity index (χ0n) is 9.27. The molecule has 0 nitrogen and oxygen atoms in total. The van der Waals surface area contributed by atoms with Crippen molar-refractivity contribution in [2.45, 2.75) is 67.0 Å². The van der Waals surface area contributed by atoms with E-state index in [1.54, 1.807) is 15.8 Å². The first-order valence-corrected chi connectivity index (χ1v) is 11.4. The Morgan fingerprint density at radius 2 is 1.31 bits per heavy atom. The minimum absolute atomic E-state index is 0.572. The molecule has 0 amide bonds. The van der Waals surface area contributed by atoms with Crippen LogP contribution >= 0.6 is 0 Å². The molecule has 13 heavy (non-hydrogen) atoms. The molecule has 0 spiro atoms. The third-order valence-electron chi connectivity index (χ3n) is 2.44. The van der Waals surface area contributed by atoms with Gasteiger partial charge in [0.25, 0.3) is 0 Å². The van der Waals surface area contributed by atoms with Gasteiger partial charge >= 0.3 is 97.4 Å². The molecule has 0 rings (SSSR count). The molecule has 0 aromatic carbocycles. The van der Waals surface area contributed by atoms with E-state index in [-0.39, 0.29) is 0 Å². The minimum atomic E-state index is -0.572. The maximum atomic E-state index is 3.14.